The number of hydrogen-bond donors (Lipinski definition) is 1. The third-order valence-electron chi connectivity index (χ3n) is 3.38. The van der Waals surface area contributed by atoms with Crippen molar-refractivity contribution in [3.05, 3.63) is 60.2 Å². The van der Waals surface area contributed by atoms with Crippen LogP contribution < -0.4 is 5.32 Å². The SMILES string of the molecule is CCC(C)OC(=O)NCc1ccc(-c2ccccc2)cc1. The minimum Gasteiger partial charge on any atom is -0.447 e. The molecule has 2 aromatic rings. The molecule has 0 aliphatic carbocycles. The first kappa shape index (κ1) is 15.1. The molecule has 0 bridgehead atoms. The van der Waals surface area contributed by atoms with Crippen LogP contribution in [0.1, 0.15) is 25.8 Å². The van der Waals surface area contributed by atoms with Gasteiger partial charge in [-0.1, -0.05) is 61.5 Å². The van der Waals surface area contributed by atoms with E-state index in [2.05, 4.69) is 29.6 Å². The fourth-order valence-electron chi connectivity index (χ4n) is 1.93. The molecule has 1 unspecified atom stereocenters. The Morgan fingerprint density at radius 3 is 2.29 bits per heavy atom. The zero-order valence-corrected chi connectivity index (χ0v) is 12.5. The van der Waals surface area contributed by atoms with E-state index in [4.69, 9.17) is 4.74 Å². The molecule has 2 aromatic carbocycles. The number of ether oxygens (including phenoxy) is 1. The molecule has 0 heterocycles. The van der Waals surface area contributed by atoms with Crippen molar-refractivity contribution in [3.8, 4) is 11.1 Å². The van der Waals surface area contributed by atoms with Crippen LogP contribution in [-0.2, 0) is 11.3 Å². The van der Waals surface area contributed by atoms with Gasteiger partial charge < -0.3 is 10.1 Å². The smallest absolute Gasteiger partial charge is 0.407 e. The molecule has 0 radical (unpaired) electrons. The Kier molecular flexibility index (Phi) is 5.38. The molecule has 3 nitrogen and oxygen atoms in total. The molecule has 110 valence electrons. The van der Waals surface area contributed by atoms with Crippen molar-refractivity contribution in [2.75, 3.05) is 0 Å². The summed E-state index contributed by atoms with van der Waals surface area (Å²) in [4.78, 5) is 11.5. The average molecular weight is 283 g/mol. The van der Waals surface area contributed by atoms with Crippen molar-refractivity contribution in [1.29, 1.82) is 0 Å². The second-order valence-electron chi connectivity index (χ2n) is 5.04. The Morgan fingerprint density at radius 1 is 1.05 bits per heavy atom. The first-order valence-electron chi connectivity index (χ1n) is 7.28. The molecule has 1 amide bonds. The molecule has 1 N–H and O–H groups in total. The molecule has 0 saturated carbocycles. The van der Waals surface area contributed by atoms with Gasteiger partial charge in [0.2, 0.25) is 0 Å². The second-order valence-corrected chi connectivity index (χ2v) is 5.04. The van der Waals surface area contributed by atoms with E-state index in [0.29, 0.717) is 6.54 Å². The molecule has 0 aromatic heterocycles. The third-order valence-corrected chi connectivity index (χ3v) is 3.38. The lowest BCUT2D eigenvalue weighted by Crippen LogP contribution is -2.27. The standard InChI is InChI=1S/C18H21NO2/c1-3-14(2)21-18(20)19-13-15-9-11-17(12-10-15)16-7-5-4-6-8-16/h4-12,14H,3,13H2,1-2H3,(H,19,20). The molecule has 0 aliphatic rings. The van der Waals surface area contributed by atoms with Crippen molar-refractivity contribution in [2.24, 2.45) is 0 Å². The van der Waals surface area contributed by atoms with Gasteiger partial charge in [-0.2, -0.15) is 0 Å². The van der Waals surface area contributed by atoms with Crippen molar-refractivity contribution in [3.63, 3.8) is 0 Å². The molecule has 3 heteroatoms. The minimum atomic E-state index is -0.364. The highest BCUT2D eigenvalue weighted by Crippen LogP contribution is 2.19. The van der Waals surface area contributed by atoms with Gasteiger partial charge in [-0.05, 0) is 30.0 Å². The van der Waals surface area contributed by atoms with Crippen LogP contribution >= 0.6 is 0 Å². The molecule has 0 spiro atoms. The Labute approximate surface area is 126 Å². The zero-order chi connectivity index (χ0) is 15.1. The first-order chi connectivity index (χ1) is 10.2. The maximum absolute atomic E-state index is 11.5. The van der Waals surface area contributed by atoms with Gasteiger partial charge in [0.15, 0.2) is 0 Å². The predicted octanol–water partition coefficient (Wildman–Crippen LogP) is 4.38. The lowest BCUT2D eigenvalue weighted by molar-refractivity contribution is 0.104. The van der Waals surface area contributed by atoms with Gasteiger partial charge in [-0.15, -0.1) is 0 Å². The van der Waals surface area contributed by atoms with Crippen molar-refractivity contribution in [2.45, 2.75) is 32.9 Å². The fourth-order valence-corrected chi connectivity index (χ4v) is 1.93. The van der Waals surface area contributed by atoms with Crippen LogP contribution in [0.4, 0.5) is 4.79 Å². The van der Waals surface area contributed by atoms with Crippen LogP contribution in [0.3, 0.4) is 0 Å². The number of alkyl carbamates (subject to hydrolysis) is 1. The van der Waals surface area contributed by atoms with Gasteiger partial charge in [0, 0.05) is 6.54 Å². The molecule has 0 aliphatic heterocycles. The highest BCUT2D eigenvalue weighted by Gasteiger charge is 2.06. The van der Waals surface area contributed by atoms with Crippen LogP contribution in [0.15, 0.2) is 54.6 Å². The Hall–Kier alpha value is -2.29. The summed E-state index contributed by atoms with van der Waals surface area (Å²) < 4.78 is 5.16. The van der Waals surface area contributed by atoms with Crippen molar-refractivity contribution in [1.82, 2.24) is 5.32 Å². The Bertz CT molecular complexity index is 564. The monoisotopic (exact) mass is 283 g/mol. The van der Waals surface area contributed by atoms with E-state index in [-0.39, 0.29) is 12.2 Å². The molecule has 0 fully saturated rings. The van der Waals surface area contributed by atoms with Crippen LogP contribution in [0, 0.1) is 0 Å². The van der Waals surface area contributed by atoms with E-state index < -0.39 is 0 Å². The Morgan fingerprint density at radius 2 is 1.67 bits per heavy atom. The summed E-state index contributed by atoms with van der Waals surface area (Å²) in [7, 11) is 0. The molecular weight excluding hydrogens is 262 g/mol. The van der Waals surface area contributed by atoms with E-state index in [1.165, 1.54) is 11.1 Å². The van der Waals surface area contributed by atoms with Gasteiger partial charge in [0.05, 0.1) is 0 Å². The van der Waals surface area contributed by atoms with E-state index in [0.717, 1.165) is 12.0 Å². The fraction of sp³-hybridized carbons (Fsp3) is 0.278. The summed E-state index contributed by atoms with van der Waals surface area (Å²) >= 11 is 0. The first-order valence-corrected chi connectivity index (χ1v) is 7.28. The van der Waals surface area contributed by atoms with Gasteiger partial charge in [0.1, 0.15) is 6.10 Å². The summed E-state index contributed by atoms with van der Waals surface area (Å²) in [6.45, 7) is 4.35. The maximum atomic E-state index is 11.5. The van der Waals surface area contributed by atoms with Crippen LogP contribution in [0.25, 0.3) is 11.1 Å². The van der Waals surface area contributed by atoms with Crippen LogP contribution in [0.2, 0.25) is 0 Å². The topological polar surface area (TPSA) is 38.3 Å². The molecule has 0 saturated heterocycles. The lowest BCUT2D eigenvalue weighted by Gasteiger charge is -2.12. The number of hydrogen-bond acceptors (Lipinski definition) is 2. The number of benzene rings is 2. The summed E-state index contributed by atoms with van der Waals surface area (Å²) in [6.07, 6.45) is 0.404. The third kappa shape index (κ3) is 4.63. The number of carbonyl (C=O) groups excluding carboxylic acids is 1. The second kappa shape index (κ2) is 7.48. The molecule has 21 heavy (non-hydrogen) atoms. The van der Waals surface area contributed by atoms with Gasteiger partial charge >= 0.3 is 6.09 Å². The predicted molar refractivity (Wildman–Crippen MR) is 85.0 cm³/mol. The quantitative estimate of drug-likeness (QED) is 0.884. The molecule has 2 rings (SSSR count). The van der Waals surface area contributed by atoms with E-state index in [9.17, 15) is 4.79 Å². The van der Waals surface area contributed by atoms with E-state index in [1.807, 2.05) is 44.2 Å². The Balaban J connectivity index is 1.90. The number of rotatable bonds is 5. The maximum Gasteiger partial charge on any atom is 0.407 e. The largest absolute Gasteiger partial charge is 0.447 e. The summed E-state index contributed by atoms with van der Waals surface area (Å²) in [5.41, 5.74) is 3.41. The van der Waals surface area contributed by atoms with Gasteiger partial charge in [-0.25, -0.2) is 4.79 Å². The normalized spacial score (nSPS) is 11.7. The molecule has 1 atom stereocenters. The van der Waals surface area contributed by atoms with Gasteiger partial charge in [-0.3, -0.25) is 0 Å². The zero-order valence-electron chi connectivity index (χ0n) is 12.5. The number of carbonyl (C=O) groups is 1. The van der Waals surface area contributed by atoms with E-state index >= 15 is 0 Å². The average Bonchev–Trinajstić information content (AvgIpc) is 2.54. The summed E-state index contributed by atoms with van der Waals surface area (Å²) in [6, 6.07) is 18.4. The highest BCUT2D eigenvalue weighted by atomic mass is 16.6. The van der Waals surface area contributed by atoms with Crippen LogP contribution in [0.5, 0.6) is 0 Å². The molecular formula is C18H21NO2. The van der Waals surface area contributed by atoms with Crippen molar-refractivity contribution >= 4 is 6.09 Å². The number of nitrogens with one attached hydrogen (secondary N) is 1. The van der Waals surface area contributed by atoms with Crippen molar-refractivity contribution < 1.29 is 9.53 Å². The van der Waals surface area contributed by atoms with Gasteiger partial charge in [0.25, 0.3) is 0 Å². The van der Waals surface area contributed by atoms with Crippen LogP contribution in [-0.4, -0.2) is 12.2 Å². The van der Waals surface area contributed by atoms with E-state index in [1.54, 1.807) is 0 Å². The summed E-state index contributed by atoms with van der Waals surface area (Å²) in [5.74, 6) is 0. The highest BCUT2D eigenvalue weighted by molar-refractivity contribution is 5.67. The lowest BCUT2D eigenvalue weighted by atomic mass is 10.0. The summed E-state index contributed by atoms with van der Waals surface area (Å²) in [5, 5.41) is 2.76. The number of amides is 1. The minimum absolute atomic E-state index is 0.0505.